The third-order valence-corrected chi connectivity index (χ3v) is 2.89. The Labute approximate surface area is 123 Å². The van der Waals surface area contributed by atoms with Crippen molar-refractivity contribution in [1.29, 1.82) is 5.26 Å². The van der Waals surface area contributed by atoms with E-state index in [-0.39, 0.29) is 6.54 Å². The van der Waals surface area contributed by atoms with Gasteiger partial charge in [-0.3, -0.25) is 4.79 Å². The Morgan fingerprint density at radius 1 is 1.32 bits per heavy atom. The summed E-state index contributed by atoms with van der Waals surface area (Å²) in [4.78, 5) is 11.7. The van der Waals surface area contributed by atoms with Crippen molar-refractivity contribution in [2.45, 2.75) is 12.7 Å². The molecule has 0 radical (unpaired) electrons. The Morgan fingerprint density at radius 3 is 2.64 bits per heavy atom. The Balaban J connectivity index is 2.47. The molecule has 0 aliphatic rings. The summed E-state index contributed by atoms with van der Waals surface area (Å²) in [6.07, 6.45) is -4.64. The third-order valence-electron chi connectivity index (χ3n) is 2.89. The standard InChI is InChI=1S/C14H10F3N3O2/c1-22-11-3-2-9(7-18)6-10(11)8-20-13(21)5-4-12(19-20)14(15,16)17/h2-6H,8H2,1H3. The fourth-order valence-electron chi connectivity index (χ4n) is 1.85. The summed E-state index contributed by atoms with van der Waals surface area (Å²) in [7, 11) is 1.38. The lowest BCUT2D eigenvalue weighted by atomic mass is 10.1. The third kappa shape index (κ3) is 3.25. The van der Waals surface area contributed by atoms with Crippen LogP contribution in [0.15, 0.2) is 35.1 Å². The predicted octanol–water partition coefficient (Wildman–Crippen LogP) is 2.19. The van der Waals surface area contributed by atoms with Crippen LogP contribution in [0.3, 0.4) is 0 Å². The molecule has 0 bridgehead atoms. The van der Waals surface area contributed by atoms with Gasteiger partial charge < -0.3 is 4.74 Å². The average molecular weight is 309 g/mol. The lowest BCUT2D eigenvalue weighted by Gasteiger charge is -2.12. The highest BCUT2D eigenvalue weighted by atomic mass is 19.4. The van der Waals surface area contributed by atoms with Crippen molar-refractivity contribution in [3.05, 3.63) is 57.5 Å². The zero-order chi connectivity index (χ0) is 16.3. The first-order valence-corrected chi connectivity index (χ1v) is 6.07. The number of nitriles is 1. The Kier molecular flexibility index (Phi) is 4.17. The molecule has 114 valence electrons. The Hall–Kier alpha value is -2.82. The van der Waals surface area contributed by atoms with Gasteiger partial charge in [-0.15, -0.1) is 0 Å². The van der Waals surface area contributed by atoms with Crippen LogP contribution in [-0.2, 0) is 12.7 Å². The van der Waals surface area contributed by atoms with Gasteiger partial charge in [-0.05, 0) is 24.3 Å². The van der Waals surface area contributed by atoms with Gasteiger partial charge in [-0.2, -0.15) is 23.5 Å². The molecule has 2 aromatic rings. The molecular formula is C14H10F3N3O2. The molecule has 0 N–H and O–H groups in total. The molecule has 0 saturated carbocycles. The molecule has 1 aromatic carbocycles. The van der Waals surface area contributed by atoms with E-state index in [4.69, 9.17) is 10.00 Å². The van der Waals surface area contributed by atoms with E-state index in [2.05, 4.69) is 5.10 Å². The fraction of sp³-hybridized carbons (Fsp3) is 0.214. The highest BCUT2D eigenvalue weighted by Gasteiger charge is 2.33. The molecule has 1 aromatic heterocycles. The maximum absolute atomic E-state index is 12.7. The fourth-order valence-corrected chi connectivity index (χ4v) is 1.85. The number of methoxy groups -OCH3 is 1. The molecule has 22 heavy (non-hydrogen) atoms. The van der Waals surface area contributed by atoms with E-state index in [1.165, 1.54) is 25.3 Å². The van der Waals surface area contributed by atoms with E-state index in [1.54, 1.807) is 0 Å². The van der Waals surface area contributed by atoms with Crippen LogP contribution >= 0.6 is 0 Å². The van der Waals surface area contributed by atoms with E-state index >= 15 is 0 Å². The highest BCUT2D eigenvalue weighted by molar-refractivity contribution is 5.42. The summed E-state index contributed by atoms with van der Waals surface area (Å²) >= 11 is 0. The van der Waals surface area contributed by atoms with E-state index < -0.39 is 17.4 Å². The summed E-state index contributed by atoms with van der Waals surface area (Å²) < 4.78 is 43.7. The number of halogens is 3. The number of nitrogens with zero attached hydrogens (tertiary/aromatic N) is 3. The van der Waals surface area contributed by atoms with Gasteiger partial charge in [0.15, 0.2) is 5.69 Å². The van der Waals surface area contributed by atoms with Crippen LogP contribution in [0.1, 0.15) is 16.8 Å². The number of aromatic nitrogens is 2. The number of ether oxygens (including phenoxy) is 1. The van der Waals surface area contributed by atoms with Crippen LogP contribution in [0.2, 0.25) is 0 Å². The summed E-state index contributed by atoms with van der Waals surface area (Å²) in [6.45, 7) is -0.235. The first-order chi connectivity index (χ1) is 10.3. The smallest absolute Gasteiger partial charge is 0.435 e. The average Bonchev–Trinajstić information content (AvgIpc) is 2.48. The van der Waals surface area contributed by atoms with E-state index in [9.17, 15) is 18.0 Å². The normalized spacial score (nSPS) is 11.0. The number of alkyl halides is 3. The number of benzene rings is 1. The van der Waals surface area contributed by atoms with Gasteiger partial charge in [0.1, 0.15) is 5.75 Å². The maximum Gasteiger partial charge on any atom is 0.435 e. The number of hydrogen-bond donors (Lipinski definition) is 0. The minimum absolute atomic E-state index is 0.235. The monoisotopic (exact) mass is 309 g/mol. The first kappa shape index (κ1) is 15.6. The Bertz CT molecular complexity index is 791. The summed E-state index contributed by atoms with van der Waals surface area (Å²) in [5.41, 5.74) is -1.16. The minimum Gasteiger partial charge on any atom is -0.496 e. The number of hydrogen-bond acceptors (Lipinski definition) is 4. The zero-order valence-electron chi connectivity index (χ0n) is 11.4. The second-order valence-electron chi connectivity index (χ2n) is 4.35. The molecule has 0 spiro atoms. The first-order valence-electron chi connectivity index (χ1n) is 6.07. The van der Waals surface area contributed by atoms with Gasteiger partial charge in [0.25, 0.3) is 5.56 Å². The summed E-state index contributed by atoms with van der Waals surface area (Å²) in [5, 5.41) is 12.2. The molecule has 0 amide bonds. The molecule has 8 heteroatoms. The van der Waals surface area contributed by atoms with E-state index in [1.807, 2.05) is 6.07 Å². The maximum atomic E-state index is 12.7. The van der Waals surface area contributed by atoms with Gasteiger partial charge in [0.2, 0.25) is 0 Å². The van der Waals surface area contributed by atoms with E-state index in [0.717, 1.165) is 6.07 Å². The van der Waals surface area contributed by atoms with Gasteiger partial charge in [-0.1, -0.05) is 0 Å². The van der Waals surface area contributed by atoms with E-state index in [0.29, 0.717) is 27.6 Å². The molecule has 0 aliphatic heterocycles. The molecular weight excluding hydrogens is 299 g/mol. The molecule has 0 aliphatic carbocycles. The number of rotatable bonds is 3. The molecule has 0 saturated heterocycles. The van der Waals surface area contributed by atoms with Crippen LogP contribution in [0, 0.1) is 11.3 Å². The van der Waals surface area contributed by atoms with Crippen molar-refractivity contribution < 1.29 is 17.9 Å². The van der Waals surface area contributed by atoms with Crippen molar-refractivity contribution in [3.63, 3.8) is 0 Å². The SMILES string of the molecule is COc1ccc(C#N)cc1Cn1nc(C(F)(F)F)ccc1=O. The zero-order valence-corrected chi connectivity index (χ0v) is 11.4. The Morgan fingerprint density at radius 2 is 2.05 bits per heavy atom. The van der Waals surface area contributed by atoms with Crippen LogP contribution in [-0.4, -0.2) is 16.9 Å². The summed E-state index contributed by atoms with van der Waals surface area (Å²) in [6, 6.07) is 7.79. The van der Waals surface area contributed by atoms with Gasteiger partial charge in [0, 0.05) is 11.6 Å². The highest BCUT2D eigenvalue weighted by Crippen LogP contribution is 2.26. The minimum atomic E-state index is -4.64. The van der Waals surface area contributed by atoms with Crippen molar-refractivity contribution in [2.24, 2.45) is 0 Å². The van der Waals surface area contributed by atoms with Crippen molar-refractivity contribution >= 4 is 0 Å². The largest absolute Gasteiger partial charge is 0.496 e. The van der Waals surface area contributed by atoms with Gasteiger partial charge in [0.05, 0.1) is 25.3 Å². The second kappa shape index (κ2) is 5.89. The topological polar surface area (TPSA) is 67.9 Å². The van der Waals surface area contributed by atoms with Crippen LogP contribution in [0.25, 0.3) is 0 Å². The van der Waals surface area contributed by atoms with Gasteiger partial charge in [-0.25, -0.2) is 4.68 Å². The molecule has 5 nitrogen and oxygen atoms in total. The molecule has 1 heterocycles. The lowest BCUT2D eigenvalue weighted by molar-refractivity contribution is -0.142. The van der Waals surface area contributed by atoms with Crippen molar-refractivity contribution in [1.82, 2.24) is 9.78 Å². The van der Waals surface area contributed by atoms with Crippen LogP contribution < -0.4 is 10.3 Å². The molecule has 2 rings (SSSR count). The molecule has 0 atom stereocenters. The summed E-state index contributed by atoms with van der Waals surface area (Å²) in [5.74, 6) is 0.352. The van der Waals surface area contributed by atoms with Crippen LogP contribution in [0.4, 0.5) is 13.2 Å². The molecule has 0 fully saturated rings. The van der Waals surface area contributed by atoms with Crippen molar-refractivity contribution in [3.8, 4) is 11.8 Å². The second-order valence-corrected chi connectivity index (χ2v) is 4.35. The van der Waals surface area contributed by atoms with Gasteiger partial charge >= 0.3 is 6.18 Å². The predicted molar refractivity (Wildman–Crippen MR) is 70.3 cm³/mol. The lowest BCUT2D eigenvalue weighted by Crippen LogP contribution is -2.26. The molecule has 0 unspecified atom stereocenters. The van der Waals surface area contributed by atoms with Crippen LogP contribution in [0.5, 0.6) is 5.75 Å². The quantitative estimate of drug-likeness (QED) is 0.871. The van der Waals surface area contributed by atoms with Crippen molar-refractivity contribution in [2.75, 3.05) is 7.11 Å².